The number of carbonyl (C=O) groups is 1. The van der Waals surface area contributed by atoms with Gasteiger partial charge in [-0.1, -0.05) is 0 Å². The van der Waals surface area contributed by atoms with Crippen molar-refractivity contribution in [2.45, 2.75) is 32.9 Å². The summed E-state index contributed by atoms with van der Waals surface area (Å²) in [6, 6.07) is 3.96. The zero-order chi connectivity index (χ0) is 17.2. The van der Waals surface area contributed by atoms with Crippen molar-refractivity contribution in [1.82, 2.24) is 9.88 Å². The first-order valence-corrected chi connectivity index (χ1v) is 8.36. The summed E-state index contributed by atoms with van der Waals surface area (Å²) in [6.07, 6.45) is -0.323. The van der Waals surface area contributed by atoms with Crippen LogP contribution >= 0.6 is 0 Å². The van der Waals surface area contributed by atoms with Crippen molar-refractivity contribution in [3.05, 3.63) is 17.7 Å². The standard InChI is InChI=1S/C17H25N3O4/c1-17(2,3)24-16(21)20-8-11-23-15-13(12-20)4-5-14(18-15)19-6-9-22-10-7-19/h4-5H,6-12H2,1-3H3. The molecule has 1 aromatic rings. The molecular formula is C17H25N3O4. The Bertz CT molecular complexity index is 594. The number of aromatic nitrogens is 1. The van der Waals surface area contributed by atoms with Crippen LogP contribution in [0.1, 0.15) is 26.3 Å². The molecule has 3 rings (SSSR count). The highest BCUT2D eigenvalue weighted by Crippen LogP contribution is 2.26. The average molecular weight is 335 g/mol. The number of carbonyl (C=O) groups excluding carboxylic acids is 1. The van der Waals surface area contributed by atoms with Crippen LogP contribution in [0, 0.1) is 0 Å². The van der Waals surface area contributed by atoms with E-state index in [0.717, 1.165) is 24.5 Å². The van der Waals surface area contributed by atoms with Crippen LogP contribution in [-0.4, -0.2) is 61.0 Å². The zero-order valence-corrected chi connectivity index (χ0v) is 14.6. The number of ether oxygens (including phenoxy) is 3. The van der Waals surface area contributed by atoms with E-state index in [-0.39, 0.29) is 6.09 Å². The number of pyridine rings is 1. The molecule has 1 fully saturated rings. The van der Waals surface area contributed by atoms with Crippen LogP contribution < -0.4 is 9.64 Å². The summed E-state index contributed by atoms with van der Waals surface area (Å²) in [5, 5.41) is 0. The third kappa shape index (κ3) is 4.08. The van der Waals surface area contributed by atoms with Crippen molar-refractivity contribution < 1.29 is 19.0 Å². The lowest BCUT2D eigenvalue weighted by atomic mass is 10.2. The fourth-order valence-electron chi connectivity index (χ4n) is 2.69. The van der Waals surface area contributed by atoms with Crippen molar-refractivity contribution >= 4 is 11.9 Å². The average Bonchev–Trinajstić information content (AvgIpc) is 2.75. The van der Waals surface area contributed by atoms with Crippen LogP contribution in [0.25, 0.3) is 0 Å². The van der Waals surface area contributed by atoms with Crippen molar-refractivity contribution in [3.63, 3.8) is 0 Å². The van der Waals surface area contributed by atoms with E-state index < -0.39 is 5.60 Å². The Morgan fingerprint density at radius 1 is 1.17 bits per heavy atom. The fraction of sp³-hybridized carbons (Fsp3) is 0.647. The monoisotopic (exact) mass is 335 g/mol. The highest BCUT2D eigenvalue weighted by molar-refractivity contribution is 5.68. The Hall–Kier alpha value is -2.02. The van der Waals surface area contributed by atoms with Gasteiger partial charge in [-0.05, 0) is 32.9 Å². The van der Waals surface area contributed by atoms with Gasteiger partial charge in [-0.15, -0.1) is 0 Å². The fourth-order valence-corrected chi connectivity index (χ4v) is 2.69. The molecule has 1 amide bonds. The van der Waals surface area contributed by atoms with E-state index in [1.807, 2.05) is 32.9 Å². The lowest BCUT2D eigenvalue weighted by Gasteiger charge is -2.28. The largest absolute Gasteiger partial charge is 0.475 e. The summed E-state index contributed by atoms with van der Waals surface area (Å²) in [5.41, 5.74) is 0.390. The maximum Gasteiger partial charge on any atom is 0.410 e. The number of anilines is 1. The first-order valence-electron chi connectivity index (χ1n) is 8.36. The van der Waals surface area contributed by atoms with E-state index in [0.29, 0.717) is 38.8 Å². The molecule has 1 saturated heterocycles. The van der Waals surface area contributed by atoms with E-state index in [4.69, 9.17) is 14.2 Å². The molecule has 7 heteroatoms. The third-order valence-electron chi connectivity index (χ3n) is 3.87. The second-order valence-electron chi connectivity index (χ2n) is 6.98. The molecule has 3 heterocycles. The van der Waals surface area contributed by atoms with Gasteiger partial charge >= 0.3 is 6.09 Å². The van der Waals surface area contributed by atoms with Gasteiger partial charge in [0.2, 0.25) is 5.88 Å². The lowest BCUT2D eigenvalue weighted by Crippen LogP contribution is -2.37. The van der Waals surface area contributed by atoms with Crippen LogP contribution in [-0.2, 0) is 16.0 Å². The molecule has 24 heavy (non-hydrogen) atoms. The number of hydrogen-bond acceptors (Lipinski definition) is 6. The molecular weight excluding hydrogens is 310 g/mol. The SMILES string of the molecule is CC(C)(C)OC(=O)N1CCOc2nc(N3CCOCC3)ccc2C1. The molecule has 0 bridgehead atoms. The van der Waals surface area contributed by atoms with E-state index in [1.54, 1.807) is 4.90 Å². The molecule has 1 aromatic heterocycles. The van der Waals surface area contributed by atoms with Gasteiger partial charge in [-0.2, -0.15) is 4.98 Å². The molecule has 0 atom stereocenters. The van der Waals surface area contributed by atoms with Crippen LogP contribution in [0.3, 0.4) is 0 Å². The van der Waals surface area contributed by atoms with Crippen LogP contribution in [0.4, 0.5) is 10.6 Å². The third-order valence-corrected chi connectivity index (χ3v) is 3.87. The molecule has 2 aliphatic rings. The predicted molar refractivity (Wildman–Crippen MR) is 89.4 cm³/mol. The van der Waals surface area contributed by atoms with Gasteiger partial charge in [-0.3, -0.25) is 0 Å². The molecule has 132 valence electrons. The Labute approximate surface area is 142 Å². The van der Waals surface area contributed by atoms with Gasteiger partial charge in [0.25, 0.3) is 0 Å². The highest BCUT2D eigenvalue weighted by Gasteiger charge is 2.26. The van der Waals surface area contributed by atoms with Crippen LogP contribution in [0.5, 0.6) is 5.88 Å². The zero-order valence-electron chi connectivity index (χ0n) is 14.6. The van der Waals surface area contributed by atoms with Crippen molar-refractivity contribution in [2.24, 2.45) is 0 Å². The number of morpholine rings is 1. The summed E-state index contributed by atoms with van der Waals surface area (Å²) >= 11 is 0. The molecule has 0 radical (unpaired) electrons. The minimum Gasteiger partial charge on any atom is -0.475 e. The molecule has 0 N–H and O–H groups in total. The Morgan fingerprint density at radius 2 is 1.92 bits per heavy atom. The van der Waals surface area contributed by atoms with Gasteiger partial charge < -0.3 is 24.0 Å². The topological polar surface area (TPSA) is 64.1 Å². The van der Waals surface area contributed by atoms with Crippen LogP contribution in [0.15, 0.2) is 12.1 Å². The van der Waals surface area contributed by atoms with Crippen molar-refractivity contribution in [1.29, 1.82) is 0 Å². The molecule has 0 saturated carbocycles. The number of amides is 1. The van der Waals surface area contributed by atoms with Gasteiger partial charge in [-0.25, -0.2) is 4.79 Å². The second-order valence-corrected chi connectivity index (χ2v) is 6.98. The molecule has 2 aliphatic heterocycles. The van der Waals surface area contributed by atoms with Gasteiger partial charge in [0.05, 0.1) is 26.3 Å². The maximum absolute atomic E-state index is 12.3. The van der Waals surface area contributed by atoms with Crippen LogP contribution in [0.2, 0.25) is 0 Å². The lowest BCUT2D eigenvalue weighted by molar-refractivity contribution is 0.0225. The summed E-state index contributed by atoms with van der Waals surface area (Å²) in [4.78, 5) is 20.8. The Balaban J connectivity index is 1.73. The van der Waals surface area contributed by atoms with E-state index in [9.17, 15) is 4.79 Å². The first kappa shape index (κ1) is 16.8. The normalized spacial score (nSPS) is 18.5. The maximum atomic E-state index is 12.3. The van der Waals surface area contributed by atoms with Gasteiger partial charge in [0.1, 0.15) is 18.0 Å². The quantitative estimate of drug-likeness (QED) is 0.783. The highest BCUT2D eigenvalue weighted by atomic mass is 16.6. The molecule has 0 spiro atoms. The van der Waals surface area contributed by atoms with E-state index in [1.165, 1.54) is 0 Å². The van der Waals surface area contributed by atoms with Crippen molar-refractivity contribution in [3.8, 4) is 5.88 Å². The second kappa shape index (κ2) is 6.84. The van der Waals surface area contributed by atoms with E-state index >= 15 is 0 Å². The Morgan fingerprint density at radius 3 is 2.62 bits per heavy atom. The van der Waals surface area contributed by atoms with E-state index in [2.05, 4.69) is 9.88 Å². The molecule has 0 unspecified atom stereocenters. The molecule has 0 aliphatic carbocycles. The minimum absolute atomic E-state index is 0.323. The molecule has 0 aromatic carbocycles. The number of nitrogens with zero attached hydrogens (tertiary/aromatic N) is 3. The number of fused-ring (bicyclic) bond motifs is 1. The minimum atomic E-state index is -0.508. The van der Waals surface area contributed by atoms with Gasteiger partial charge in [0.15, 0.2) is 0 Å². The number of hydrogen-bond donors (Lipinski definition) is 0. The van der Waals surface area contributed by atoms with Crippen molar-refractivity contribution in [2.75, 3.05) is 44.4 Å². The summed E-state index contributed by atoms with van der Waals surface area (Å²) in [5.74, 6) is 1.49. The smallest absolute Gasteiger partial charge is 0.410 e. The predicted octanol–water partition coefficient (Wildman–Crippen LogP) is 2.05. The molecule has 7 nitrogen and oxygen atoms in total. The first-order chi connectivity index (χ1) is 11.4. The summed E-state index contributed by atoms with van der Waals surface area (Å²) < 4.78 is 16.6. The summed E-state index contributed by atoms with van der Waals surface area (Å²) in [7, 11) is 0. The summed E-state index contributed by atoms with van der Waals surface area (Å²) in [6.45, 7) is 10.0. The Kier molecular flexibility index (Phi) is 4.80. The van der Waals surface area contributed by atoms with Gasteiger partial charge in [0, 0.05) is 18.7 Å². The number of rotatable bonds is 1.